The molecule has 0 aromatic rings. The number of hydrogen-bond acceptors (Lipinski definition) is 2. The van der Waals surface area contributed by atoms with Crippen LogP contribution in [0.3, 0.4) is 0 Å². The molecular formula is C20H32O3. The number of carbonyl (C=O) groups is 1. The van der Waals surface area contributed by atoms with Crippen LogP contribution in [0.25, 0.3) is 0 Å². The molecule has 0 aliphatic rings. The van der Waals surface area contributed by atoms with Crippen molar-refractivity contribution in [1.82, 2.24) is 0 Å². The monoisotopic (exact) mass is 320 g/mol. The molecule has 0 aromatic heterocycles. The molecule has 0 amide bonds. The molecule has 0 aromatic carbocycles. The van der Waals surface area contributed by atoms with E-state index in [1.807, 2.05) is 0 Å². The summed E-state index contributed by atoms with van der Waals surface area (Å²) >= 11 is 0. The van der Waals surface area contributed by atoms with Crippen LogP contribution in [0.4, 0.5) is 0 Å². The van der Waals surface area contributed by atoms with Gasteiger partial charge in [-0.15, -0.1) is 0 Å². The third-order valence-corrected chi connectivity index (χ3v) is 3.27. The summed E-state index contributed by atoms with van der Waals surface area (Å²) in [7, 11) is 0. The molecular weight excluding hydrogens is 288 g/mol. The van der Waals surface area contributed by atoms with E-state index in [-0.39, 0.29) is 6.42 Å². The highest BCUT2D eigenvalue weighted by atomic mass is 16.4. The molecule has 23 heavy (non-hydrogen) atoms. The van der Waals surface area contributed by atoms with Crippen molar-refractivity contribution in [2.24, 2.45) is 0 Å². The smallest absolute Gasteiger partial charge is 0.303 e. The zero-order valence-electron chi connectivity index (χ0n) is 14.2. The van der Waals surface area contributed by atoms with E-state index in [2.05, 4.69) is 48.6 Å². The van der Waals surface area contributed by atoms with E-state index < -0.39 is 5.97 Å². The van der Waals surface area contributed by atoms with Gasteiger partial charge in [0.15, 0.2) is 0 Å². The van der Waals surface area contributed by atoms with Crippen molar-refractivity contribution in [2.45, 2.75) is 64.2 Å². The molecule has 0 atom stereocenters. The molecule has 0 radical (unpaired) electrons. The fourth-order valence-electron chi connectivity index (χ4n) is 1.97. The Balaban J connectivity index is 3.39. The van der Waals surface area contributed by atoms with Gasteiger partial charge in [-0.3, -0.25) is 4.79 Å². The van der Waals surface area contributed by atoms with Gasteiger partial charge in [-0.05, 0) is 51.4 Å². The SMILES string of the molecule is O=C(O)CCC/C=C/C/C=C/C/C=C/C/C=C/CCCCCO. The predicted molar refractivity (Wildman–Crippen MR) is 97.5 cm³/mol. The maximum absolute atomic E-state index is 10.3. The fraction of sp³-hybridized carbons (Fsp3) is 0.550. The van der Waals surface area contributed by atoms with E-state index in [1.165, 1.54) is 0 Å². The summed E-state index contributed by atoms with van der Waals surface area (Å²) in [6.45, 7) is 0.306. The molecule has 0 heterocycles. The maximum Gasteiger partial charge on any atom is 0.303 e. The average molecular weight is 320 g/mol. The first-order valence-electron chi connectivity index (χ1n) is 8.70. The van der Waals surface area contributed by atoms with Crippen molar-refractivity contribution in [3.8, 4) is 0 Å². The van der Waals surface area contributed by atoms with Crippen LogP contribution in [0.5, 0.6) is 0 Å². The number of aliphatic carboxylic acids is 1. The minimum atomic E-state index is -0.721. The zero-order valence-corrected chi connectivity index (χ0v) is 14.2. The fourth-order valence-corrected chi connectivity index (χ4v) is 1.97. The third kappa shape index (κ3) is 20.4. The summed E-state index contributed by atoms with van der Waals surface area (Å²) in [6, 6.07) is 0. The molecule has 0 saturated heterocycles. The Hall–Kier alpha value is -1.61. The Kier molecular flexibility index (Phi) is 17.1. The van der Waals surface area contributed by atoms with Gasteiger partial charge in [0.2, 0.25) is 0 Å². The van der Waals surface area contributed by atoms with Gasteiger partial charge >= 0.3 is 5.97 Å². The molecule has 0 aliphatic carbocycles. The van der Waals surface area contributed by atoms with Gasteiger partial charge in [-0.1, -0.05) is 55.0 Å². The normalized spacial score (nSPS) is 12.4. The lowest BCUT2D eigenvalue weighted by Crippen LogP contribution is -1.92. The summed E-state index contributed by atoms with van der Waals surface area (Å²) < 4.78 is 0. The zero-order chi connectivity index (χ0) is 17.0. The summed E-state index contributed by atoms with van der Waals surface area (Å²) in [5.41, 5.74) is 0. The van der Waals surface area contributed by atoms with Gasteiger partial charge in [-0.25, -0.2) is 0 Å². The van der Waals surface area contributed by atoms with Crippen LogP contribution in [0, 0.1) is 0 Å². The van der Waals surface area contributed by atoms with Crippen molar-refractivity contribution in [3.05, 3.63) is 48.6 Å². The molecule has 130 valence electrons. The van der Waals surface area contributed by atoms with Crippen LogP contribution >= 0.6 is 0 Å². The van der Waals surface area contributed by atoms with E-state index in [1.54, 1.807) is 0 Å². The average Bonchev–Trinajstić information content (AvgIpc) is 2.53. The second-order valence-corrected chi connectivity index (χ2v) is 5.45. The maximum atomic E-state index is 10.3. The third-order valence-electron chi connectivity index (χ3n) is 3.27. The number of carboxylic acids is 1. The Labute approximate surface area is 141 Å². The van der Waals surface area contributed by atoms with E-state index >= 15 is 0 Å². The second kappa shape index (κ2) is 18.4. The van der Waals surface area contributed by atoms with Crippen LogP contribution in [0.1, 0.15) is 64.2 Å². The number of allylic oxidation sites excluding steroid dienone is 8. The van der Waals surface area contributed by atoms with Crippen LogP contribution in [0.2, 0.25) is 0 Å². The summed E-state index contributed by atoms with van der Waals surface area (Å²) in [4.78, 5) is 10.3. The number of aliphatic hydroxyl groups excluding tert-OH is 1. The minimum absolute atomic E-state index is 0.252. The lowest BCUT2D eigenvalue weighted by atomic mass is 10.2. The molecule has 0 unspecified atom stereocenters. The summed E-state index contributed by atoms with van der Waals surface area (Å²) in [5.74, 6) is -0.721. The van der Waals surface area contributed by atoms with Gasteiger partial charge in [0.25, 0.3) is 0 Å². The first-order valence-corrected chi connectivity index (χ1v) is 8.70. The van der Waals surface area contributed by atoms with Gasteiger partial charge in [0, 0.05) is 13.0 Å². The Bertz CT molecular complexity index is 378. The van der Waals surface area contributed by atoms with Crippen LogP contribution in [0.15, 0.2) is 48.6 Å². The largest absolute Gasteiger partial charge is 0.481 e. The van der Waals surface area contributed by atoms with E-state index in [9.17, 15) is 4.79 Å². The highest BCUT2D eigenvalue weighted by Gasteiger charge is 1.92. The van der Waals surface area contributed by atoms with Crippen molar-refractivity contribution < 1.29 is 15.0 Å². The lowest BCUT2D eigenvalue weighted by Gasteiger charge is -1.93. The highest BCUT2D eigenvalue weighted by molar-refractivity contribution is 5.66. The predicted octanol–water partition coefficient (Wildman–Crippen LogP) is 5.19. The molecule has 0 saturated carbocycles. The van der Waals surface area contributed by atoms with Crippen molar-refractivity contribution >= 4 is 5.97 Å². The Morgan fingerprint density at radius 2 is 1.13 bits per heavy atom. The number of rotatable bonds is 15. The Morgan fingerprint density at radius 3 is 1.61 bits per heavy atom. The van der Waals surface area contributed by atoms with Gasteiger partial charge in [-0.2, -0.15) is 0 Å². The Morgan fingerprint density at radius 1 is 0.652 bits per heavy atom. The quantitative estimate of drug-likeness (QED) is 0.322. The summed E-state index contributed by atoms with van der Waals surface area (Å²) in [5, 5.41) is 17.1. The number of hydrogen-bond donors (Lipinski definition) is 2. The van der Waals surface area contributed by atoms with Crippen LogP contribution in [-0.2, 0) is 4.79 Å². The molecule has 3 heteroatoms. The number of carboxylic acid groups (broad SMARTS) is 1. The molecule has 0 bridgehead atoms. The molecule has 0 fully saturated rings. The summed E-state index contributed by atoms with van der Waals surface area (Å²) in [6.07, 6.45) is 26.1. The molecule has 0 spiro atoms. The van der Waals surface area contributed by atoms with Crippen LogP contribution in [-0.4, -0.2) is 22.8 Å². The number of aliphatic hydroxyl groups is 1. The van der Waals surface area contributed by atoms with Gasteiger partial charge in [0.05, 0.1) is 0 Å². The first kappa shape index (κ1) is 21.4. The topological polar surface area (TPSA) is 57.5 Å². The van der Waals surface area contributed by atoms with Gasteiger partial charge < -0.3 is 10.2 Å². The van der Waals surface area contributed by atoms with Gasteiger partial charge in [0.1, 0.15) is 0 Å². The number of unbranched alkanes of at least 4 members (excludes halogenated alkanes) is 4. The van der Waals surface area contributed by atoms with E-state index in [0.717, 1.165) is 51.4 Å². The van der Waals surface area contributed by atoms with Crippen LogP contribution < -0.4 is 0 Å². The highest BCUT2D eigenvalue weighted by Crippen LogP contribution is 2.01. The van der Waals surface area contributed by atoms with Crippen molar-refractivity contribution in [1.29, 1.82) is 0 Å². The molecule has 0 rings (SSSR count). The minimum Gasteiger partial charge on any atom is -0.481 e. The van der Waals surface area contributed by atoms with E-state index in [0.29, 0.717) is 13.0 Å². The molecule has 0 aliphatic heterocycles. The molecule has 3 nitrogen and oxygen atoms in total. The first-order chi connectivity index (χ1) is 11.3. The van der Waals surface area contributed by atoms with Crippen molar-refractivity contribution in [2.75, 3.05) is 6.61 Å². The van der Waals surface area contributed by atoms with E-state index in [4.69, 9.17) is 10.2 Å². The standard InChI is InChI=1S/C20H32O3/c21-19-17-15-13-11-9-7-5-3-1-2-4-6-8-10-12-14-16-18-20(22)23/h1,3-4,6-7,9-10,12,21H,2,5,8,11,13-19H2,(H,22,23)/b3-1+,6-4+,9-7+,12-10+. The second-order valence-electron chi connectivity index (χ2n) is 5.45. The molecule has 2 N–H and O–H groups in total. The lowest BCUT2D eigenvalue weighted by molar-refractivity contribution is -0.137. The van der Waals surface area contributed by atoms with Crippen molar-refractivity contribution in [3.63, 3.8) is 0 Å².